The first-order chi connectivity index (χ1) is 16.0. The van der Waals surface area contributed by atoms with Crippen LogP contribution in [-0.2, 0) is 10.0 Å². The number of nitrogens with one attached hydrogen (secondary N) is 1. The monoisotopic (exact) mass is 502 g/mol. The van der Waals surface area contributed by atoms with Gasteiger partial charge in [0.25, 0.3) is 10.0 Å². The van der Waals surface area contributed by atoms with Gasteiger partial charge in [0, 0.05) is 37.0 Å². The quantitative estimate of drug-likeness (QED) is 0.484. The Morgan fingerprint density at radius 1 is 1.18 bits per heavy atom. The van der Waals surface area contributed by atoms with Crippen molar-refractivity contribution < 1.29 is 44.7 Å². The number of carbonyl (C=O) groups excluding carboxylic acids is 1. The highest BCUT2D eigenvalue weighted by Gasteiger charge is 2.33. The lowest BCUT2D eigenvalue weighted by molar-refractivity contribution is -0.274. The van der Waals surface area contributed by atoms with Gasteiger partial charge in [0.05, 0.1) is 12.0 Å². The van der Waals surface area contributed by atoms with Gasteiger partial charge in [-0.25, -0.2) is 17.5 Å². The minimum absolute atomic E-state index is 0.00184. The summed E-state index contributed by atoms with van der Waals surface area (Å²) in [5.41, 5.74) is 0.605. The highest BCUT2D eigenvalue weighted by atomic mass is 32.2. The molecule has 13 heteroatoms. The van der Waals surface area contributed by atoms with Crippen LogP contribution in [0.15, 0.2) is 45.7 Å². The maximum Gasteiger partial charge on any atom is 0.573 e. The van der Waals surface area contributed by atoms with Crippen molar-refractivity contribution >= 4 is 32.6 Å². The molecule has 0 unspecified atom stereocenters. The summed E-state index contributed by atoms with van der Waals surface area (Å²) in [6, 6.07) is 6.28. The summed E-state index contributed by atoms with van der Waals surface area (Å²) in [7, 11) is -4.74. The number of hydrogen-bond acceptors (Lipinski definition) is 7. The second-order valence-electron chi connectivity index (χ2n) is 7.31. The smallest absolute Gasteiger partial charge is 0.492 e. The van der Waals surface area contributed by atoms with Gasteiger partial charge in [0.1, 0.15) is 27.8 Å². The van der Waals surface area contributed by atoms with E-state index in [1.165, 1.54) is 19.1 Å². The molecule has 1 saturated heterocycles. The molecule has 1 aliphatic rings. The van der Waals surface area contributed by atoms with Gasteiger partial charge in [-0.05, 0) is 31.5 Å². The largest absolute Gasteiger partial charge is 0.573 e. The molecule has 2 heterocycles. The molecule has 3 aromatic rings. The second kappa shape index (κ2) is 8.70. The van der Waals surface area contributed by atoms with Gasteiger partial charge in [-0.15, -0.1) is 13.2 Å². The van der Waals surface area contributed by atoms with E-state index in [1.807, 2.05) is 4.90 Å². The molecule has 0 spiro atoms. The molecule has 1 aromatic heterocycles. The highest BCUT2D eigenvalue weighted by Crippen LogP contribution is 2.33. The lowest BCUT2D eigenvalue weighted by Gasteiger charge is -2.33. The van der Waals surface area contributed by atoms with Gasteiger partial charge in [-0.2, -0.15) is 0 Å². The molecule has 8 nitrogen and oxygen atoms in total. The van der Waals surface area contributed by atoms with E-state index in [0.29, 0.717) is 11.8 Å². The van der Waals surface area contributed by atoms with E-state index >= 15 is 0 Å². The molecule has 1 fully saturated rings. The maximum atomic E-state index is 14.5. The Kier molecular flexibility index (Phi) is 6.06. The Morgan fingerprint density at radius 3 is 2.53 bits per heavy atom. The fraction of sp³-hybridized carbons (Fsp3) is 0.286. The van der Waals surface area contributed by atoms with Crippen LogP contribution in [0.3, 0.4) is 0 Å². The number of furan rings is 1. The molecule has 2 aromatic carbocycles. The van der Waals surface area contributed by atoms with E-state index in [-0.39, 0.29) is 23.3 Å². The van der Waals surface area contributed by atoms with Crippen molar-refractivity contribution in [1.29, 1.82) is 0 Å². The Bertz CT molecular complexity index is 1350. The number of sulfonamides is 1. The first-order valence-electron chi connectivity index (χ1n) is 10.0. The molecule has 1 aliphatic heterocycles. The number of halogens is 4. The number of anilines is 1. The molecule has 34 heavy (non-hydrogen) atoms. The zero-order valence-electron chi connectivity index (χ0n) is 17.6. The number of amides is 1. The third-order valence-corrected chi connectivity index (χ3v) is 6.33. The first-order valence-corrected chi connectivity index (χ1v) is 11.5. The molecule has 0 saturated carbocycles. The van der Waals surface area contributed by atoms with Gasteiger partial charge in [-0.3, -0.25) is 4.79 Å². The van der Waals surface area contributed by atoms with Gasteiger partial charge in [-0.1, -0.05) is 0 Å². The normalized spacial score (nSPS) is 14.1. The topological polar surface area (TPSA) is 98.1 Å². The molecular formula is C21H18F4N2O6S. The number of fused-ring (bicyclic) bond motifs is 1. The van der Waals surface area contributed by atoms with Crippen LogP contribution < -0.4 is 19.1 Å². The Labute approximate surface area is 191 Å². The van der Waals surface area contributed by atoms with Crippen molar-refractivity contribution in [3.05, 3.63) is 48.0 Å². The van der Waals surface area contributed by atoms with Crippen LogP contribution in [-0.4, -0.2) is 40.4 Å². The van der Waals surface area contributed by atoms with Crippen molar-refractivity contribution in [3.8, 4) is 11.5 Å². The molecular weight excluding hydrogens is 484 g/mol. The van der Waals surface area contributed by atoms with Crippen LogP contribution in [0.5, 0.6) is 11.5 Å². The predicted molar refractivity (Wildman–Crippen MR) is 112 cm³/mol. The zero-order chi connectivity index (χ0) is 24.7. The highest BCUT2D eigenvalue weighted by molar-refractivity contribution is 7.90. The van der Waals surface area contributed by atoms with Crippen molar-refractivity contribution in [2.75, 3.05) is 24.6 Å². The van der Waals surface area contributed by atoms with Crippen LogP contribution in [0.25, 0.3) is 11.0 Å². The number of alkyl halides is 3. The minimum Gasteiger partial charge on any atom is -0.492 e. The molecule has 1 amide bonds. The number of carbonyl (C=O) groups is 1. The fourth-order valence-corrected chi connectivity index (χ4v) is 4.47. The maximum absolute atomic E-state index is 14.5. The summed E-state index contributed by atoms with van der Waals surface area (Å²) in [5.74, 6) is -3.52. The van der Waals surface area contributed by atoms with Crippen molar-refractivity contribution in [2.45, 2.75) is 24.6 Å². The van der Waals surface area contributed by atoms with Crippen LogP contribution in [0.1, 0.15) is 23.9 Å². The number of nitrogens with zero attached hydrogens (tertiary/aromatic N) is 1. The average Bonchev–Trinajstić information content (AvgIpc) is 3.11. The lowest BCUT2D eigenvalue weighted by Crippen LogP contribution is -2.36. The summed E-state index contributed by atoms with van der Waals surface area (Å²) in [6.45, 7) is 3.03. The minimum atomic E-state index is -5.06. The van der Waals surface area contributed by atoms with E-state index in [0.717, 1.165) is 37.7 Å². The van der Waals surface area contributed by atoms with Gasteiger partial charge in [0.15, 0.2) is 5.76 Å². The van der Waals surface area contributed by atoms with Crippen molar-refractivity contribution in [2.24, 2.45) is 0 Å². The molecule has 0 bridgehead atoms. The van der Waals surface area contributed by atoms with Crippen molar-refractivity contribution in [3.63, 3.8) is 0 Å². The summed E-state index contributed by atoms with van der Waals surface area (Å²) in [6.07, 6.45) is -4.10. The lowest BCUT2D eigenvalue weighted by atomic mass is 10.1. The molecule has 0 atom stereocenters. The van der Waals surface area contributed by atoms with Crippen LogP contribution >= 0.6 is 0 Å². The van der Waals surface area contributed by atoms with Crippen LogP contribution in [0.4, 0.5) is 23.2 Å². The van der Waals surface area contributed by atoms with Crippen LogP contribution in [0.2, 0.25) is 0 Å². The predicted octanol–water partition coefficient (Wildman–Crippen LogP) is 4.20. The standard InChI is InChI=1S/C21H18F4N2O6S/c1-2-31-16-5-4-13(33-21(23,24)25)10-19(16)34(29,30)26-20(28)18-11-14-15(22)8-12(9-17(14)32-18)27-6-3-7-27/h4-5,8-11H,2-3,6-7H2,1H3,(H,26,28). The van der Waals surface area contributed by atoms with Gasteiger partial charge < -0.3 is 18.8 Å². The number of hydrogen-bond donors (Lipinski definition) is 1. The Hall–Kier alpha value is -3.48. The van der Waals surface area contributed by atoms with Crippen molar-refractivity contribution in [1.82, 2.24) is 4.72 Å². The van der Waals surface area contributed by atoms with E-state index < -0.39 is 44.5 Å². The SMILES string of the molecule is CCOc1ccc(OC(F)(F)F)cc1S(=O)(=O)NC(=O)c1cc2c(F)cc(N3CCC3)cc2o1. The molecule has 1 N–H and O–H groups in total. The van der Waals surface area contributed by atoms with Crippen LogP contribution in [0, 0.1) is 5.82 Å². The summed E-state index contributed by atoms with van der Waals surface area (Å²) in [4.78, 5) is 13.8. The van der Waals surface area contributed by atoms with E-state index in [2.05, 4.69) is 4.74 Å². The number of rotatable bonds is 7. The summed E-state index contributed by atoms with van der Waals surface area (Å²) >= 11 is 0. The van der Waals surface area contributed by atoms with Gasteiger partial charge >= 0.3 is 12.3 Å². The van der Waals surface area contributed by atoms with E-state index in [1.54, 1.807) is 4.72 Å². The fourth-order valence-electron chi connectivity index (χ4n) is 3.35. The Balaban J connectivity index is 1.64. The molecule has 0 radical (unpaired) electrons. The number of benzene rings is 2. The summed E-state index contributed by atoms with van der Waals surface area (Å²) in [5, 5.41) is -0.0256. The first kappa shape index (κ1) is 23.7. The third kappa shape index (κ3) is 4.88. The molecule has 0 aliphatic carbocycles. The third-order valence-electron chi connectivity index (χ3n) is 4.98. The summed E-state index contributed by atoms with van der Waals surface area (Å²) < 4.78 is 93.9. The van der Waals surface area contributed by atoms with E-state index in [4.69, 9.17) is 9.15 Å². The second-order valence-corrected chi connectivity index (χ2v) is 8.97. The Morgan fingerprint density at radius 2 is 1.91 bits per heavy atom. The number of ether oxygens (including phenoxy) is 2. The zero-order valence-corrected chi connectivity index (χ0v) is 18.4. The molecule has 4 rings (SSSR count). The average molecular weight is 502 g/mol. The molecule has 182 valence electrons. The van der Waals surface area contributed by atoms with E-state index in [9.17, 15) is 30.8 Å². The van der Waals surface area contributed by atoms with Gasteiger partial charge in [0.2, 0.25) is 0 Å².